The Morgan fingerprint density at radius 1 is 1.30 bits per heavy atom. The molecule has 108 valence electrons. The summed E-state index contributed by atoms with van der Waals surface area (Å²) in [4.78, 5) is 3.67. The lowest BCUT2D eigenvalue weighted by molar-refractivity contribution is 0.688. The van der Waals surface area contributed by atoms with Crippen LogP contribution >= 0.6 is 22.9 Å². The van der Waals surface area contributed by atoms with E-state index in [0.29, 0.717) is 6.04 Å². The molecule has 2 rings (SSSR count). The molecule has 0 bridgehead atoms. The molecule has 0 aliphatic heterocycles. The fourth-order valence-corrected chi connectivity index (χ4v) is 3.39. The molecule has 0 radical (unpaired) electrons. The SMILES string of the molecule is CC(N)c1ccc(N(C)C(C)Cc2cccs2)cc1Cl. The Bertz CT molecular complexity index is 552. The maximum Gasteiger partial charge on any atom is 0.0474 e. The first-order valence-corrected chi connectivity index (χ1v) is 8.05. The summed E-state index contributed by atoms with van der Waals surface area (Å²) in [6.07, 6.45) is 1.04. The summed E-state index contributed by atoms with van der Waals surface area (Å²) >= 11 is 8.12. The van der Waals surface area contributed by atoms with E-state index in [9.17, 15) is 0 Å². The lowest BCUT2D eigenvalue weighted by Gasteiger charge is -2.27. The number of hydrogen-bond acceptors (Lipinski definition) is 3. The van der Waals surface area contributed by atoms with Crippen LogP contribution in [-0.4, -0.2) is 13.1 Å². The van der Waals surface area contributed by atoms with Crippen molar-refractivity contribution in [1.82, 2.24) is 0 Å². The Kier molecular flexibility index (Phi) is 5.08. The minimum atomic E-state index is -0.0367. The molecular formula is C16H21ClN2S. The van der Waals surface area contributed by atoms with Gasteiger partial charge in [-0.05, 0) is 43.0 Å². The summed E-state index contributed by atoms with van der Waals surface area (Å²) in [5.41, 5.74) is 8.02. The summed E-state index contributed by atoms with van der Waals surface area (Å²) in [7, 11) is 2.11. The van der Waals surface area contributed by atoms with Gasteiger partial charge in [-0.1, -0.05) is 23.7 Å². The third kappa shape index (κ3) is 3.54. The number of anilines is 1. The van der Waals surface area contributed by atoms with Crippen LogP contribution in [0.3, 0.4) is 0 Å². The van der Waals surface area contributed by atoms with Crippen molar-refractivity contribution in [2.24, 2.45) is 5.73 Å². The van der Waals surface area contributed by atoms with Gasteiger partial charge in [-0.2, -0.15) is 0 Å². The Morgan fingerprint density at radius 2 is 2.05 bits per heavy atom. The zero-order valence-electron chi connectivity index (χ0n) is 12.1. The van der Waals surface area contributed by atoms with Crippen LogP contribution in [0.25, 0.3) is 0 Å². The maximum absolute atomic E-state index is 6.31. The Morgan fingerprint density at radius 3 is 2.60 bits per heavy atom. The monoisotopic (exact) mass is 308 g/mol. The highest BCUT2D eigenvalue weighted by molar-refractivity contribution is 7.09. The molecule has 0 aliphatic carbocycles. The normalized spacial score (nSPS) is 14.1. The summed E-state index contributed by atoms with van der Waals surface area (Å²) in [6, 6.07) is 10.8. The van der Waals surface area contributed by atoms with Gasteiger partial charge in [-0.3, -0.25) is 0 Å². The number of halogens is 1. The molecule has 0 aliphatic rings. The molecular weight excluding hydrogens is 288 g/mol. The molecule has 0 saturated heterocycles. The molecule has 1 aromatic heterocycles. The van der Waals surface area contributed by atoms with Gasteiger partial charge in [-0.15, -0.1) is 11.3 Å². The molecule has 1 aromatic carbocycles. The van der Waals surface area contributed by atoms with E-state index in [0.717, 1.165) is 22.7 Å². The van der Waals surface area contributed by atoms with Gasteiger partial charge in [0.2, 0.25) is 0 Å². The van der Waals surface area contributed by atoms with Crippen molar-refractivity contribution in [2.45, 2.75) is 32.4 Å². The van der Waals surface area contributed by atoms with E-state index < -0.39 is 0 Å². The Labute approximate surface area is 130 Å². The van der Waals surface area contributed by atoms with Gasteiger partial charge in [0, 0.05) is 41.1 Å². The van der Waals surface area contributed by atoms with E-state index in [1.54, 1.807) is 11.3 Å². The van der Waals surface area contributed by atoms with E-state index in [1.165, 1.54) is 4.88 Å². The molecule has 0 saturated carbocycles. The van der Waals surface area contributed by atoms with Crippen molar-refractivity contribution >= 4 is 28.6 Å². The van der Waals surface area contributed by atoms with Crippen LogP contribution < -0.4 is 10.6 Å². The van der Waals surface area contributed by atoms with Gasteiger partial charge in [0.15, 0.2) is 0 Å². The van der Waals surface area contributed by atoms with Crippen LogP contribution in [0.5, 0.6) is 0 Å². The van der Waals surface area contributed by atoms with Crippen molar-refractivity contribution in [3.05, 3.63) is 51.2 Å². The minimum Gasteiger partial charge on any atom is -0.371 e. The van der Waals surface area contributed by atoms with Gasteiger partial charge in [0.05, 0.1) is 0 Å². The third-order valence-corrected chi connectivity index (χ3v) is 4.85. The molecule has 0 spiro atoms. The molecule has 0 fully saturated rings. The lowest BCUT2D eigenvalue weighted by atomic mass is 10.1. The molecule has 2 unspecified atom stereocenters. The summed E-state index contributed by atoms with van der Waals surface area (Å²) < 4.78 is 0. The topological polar surface area (TPSA) is 29.3 Å². The number of nitrogens with zero attached hydrogens (tertiary/aromatic N) is 1. The fourth-order valence-electron chi connectivity index (χ4n) is 2.22. The highest BCUT2D eigenvalue weighted by Crippen LogP contribution is 2.28. The predicted octanol–water partition coefficient (Wildman–Crippen LogP) is 4.49. The second-order valence-electron chi connectivity index (χ2n) is 5.24. The van der Waals surface area contributed by atoms with Crippen LogP contribution in [0, 0.1) is 0 Å². The van der Waals surface area contributed by atoms with Crippen molar-refractivity contribution in [3.8, 4) is 0 Å². The highest BCUT2D eigenvalue weighted by Gasteiger charge is 2.13. The zero-order chi connectivity index (χ0) is 14.7. The zero-order valence-corrected chi connectivity index (χ0v) is 13.7. The van der Waals surface area contributed by atoms with Gasteiger partial charge in [0.25, 0.3) is 0 Å². The lowest BCUT2D eigenvalue weighted by Crippen LogP contribution is -2.30. The van der Waals surface area contributed by atoms with Crippen LogP contribution in [0.15, 0.2) is 35.7 Å². The first-order valence-electron chi connectivity index (χ1n) is 6.79. The van der Waals surface area contributed by atoms with Crippen molar-refractivity contribution in [2.75, 3.05) is 11.9 Å². The van der Waals surface area contributed by atoms with Crippen LogP contribution in [0.4, 0.5) is 5.69 Å². The molecule has 2 aromatic rings. The van der Waals surface area contributed by atoms with Gasteiger partial charge in [-0.25, -0.2) is 0 Å². The van der Waals surface area contributed by atoms with E-state index in [4.69, 9.17) is 17.3 Å². The molecule has 20 heavy (non-hydrogen) atoms. The fraction of sp³-hybridized carbons (Fsp3) is 0.375. The number of likely N-dealkylation sites (N-methyl/N-ethyl adjacent to an activating group) is 1. The molecule has 0 amide bonds. The molecule has 1 heterocycles. The van der Waals surface area contributed by atoms with Crippen LogP contribution in [0.1, 0.15) is 30.3 Å². The van der Waals surface area contributed by atoms with Crippen molar-refractivity contribution in [1.29, 1.82) is 0 Å². The van der Waals surface area contributed by atoms with Crippen molar-refractivity contribution in [3.63, 3.8) is 0 Å². The molecule has 2 N–H and O–H groups in total. The van der Waals surface area contributed by atoms with E-state index >= 15 is 0 Å². The van der Waals surface area contributed by atoms with E-state index in [2.05, 4.69) is 42.5 Å². The van der Waals surface area contributed by atoms with Gasteiger partial charge < -0.3 is 10.6 Å². The standard InChI is InChI=1S/C16H21ClN2S/c1-11(9-14-5-4-8-20-14)19(3)13-6-7-15(12(2)18)16(17)10-13/h4-8,10-12H,9,18H2,1-3H3. The Hall–Kier alpha value is -1.03. The molecule has 2 atom stereocenters. The summed E-state index contributed by atoms with van der Waals surface area (Å²) in [5, 5.41) is 2.86. The average Bonchev–Trinajstić information content (AvgIpc) is 2.90. The second kappa shape index (κ2) is 6.61. The number of nitrogens with two attached hydrogens (primary N) is 1. The molecule has 4 heteroatoms. The first-order chi connectivity index (χ1) is 9.49. The predicted molar refractivity (Wildman–Crippen MR) is 89.9 cm³/mol. The first kappa shape index (κ1) is 15.4. The van der Waals surface area contributed by atoms with E-state index in [1.807, 2.05) is 19.1 Å². The number of thiophene rings is 1. The highest BCUT2D eigenvalue weighted by atomic mass is 35.5. The van der Waals surface area contributed by atoms with Crippen LogP contribution in [0.2, 0.25) is 5.02 Å². The van der Waals surface area contributed by atoms with Gasteiger partial charge >= 0.3 is 0 Å². The number of benzene rings is 1. The van der Waals surface area contributed by atoms with E-state index in [-0.39, 0.29) is 6.04 Å². The maximum atomic E-state index is 6.31. The third-order valence-electron chi connectivity index (χ3n) is 3.62. The summed E-state index contributed by atoms with van der Waals surface area (Å²) in [6.45, 7) is 4.18. The minimum absolute atomic E-state index is 0.0367. The van der Waals surface area contributed by atoms with Crippen LogP contribution in [-0.2, 0) is 6.42 Å². The number of rotatable bonds is 5. The summed E-state index contributed by atoms with van der Waals surface area (Å²) in [5.74, 6) is 0. The number of hydrogen-bond donors (Lipinski definition) is 1. The quantitative estimate of drug-likeness (QED) is 0.882. The average molecular weight is 309 g/mol. The smallest absolute Gasteiger partial charge is 0.0474 e. The Balaban J connectivity index is 2.12. The molecule has 2 nitrogen and oxygen atoms in total. The largest absolute Gasteiger partial charge is 0.371 e. The van der Waals surface area contributed by atoms with Crippen molar-refractivity contribution < 1.29 is 0 Å². The second-order valence-corrected chi connectivity index (χ2v) is 6.68. The van der Waals surface area contributed by atoms with Gasteiger partial charge in [0.1, 0.15) is 0 Å².